The first kappa shape index (κ1) is 18.4. The lowest BCUT2D eigenvalue weighted by Crippen LogP contribution is -2.25. The van der Waals surface area contributed by atoms with Crippen LogP contribution in [0.2, 0.25) is 0 Å². The minimum Gasteiger partial charge on any atom is -0.481 e. The maximum Gasteiger partial charge on any atom is 0.303 e. The number of anilines is 1. The lowest BCUT2D eigenvalue weighted by molar-refractivity contribution is -0.139. The summed E-state index contributed by atoms with van der Waals surface area (Å²) in [4.78, 5) is 34.5. The monoisotopic (exact) mass is 318 g/mol. The molecule has 0 spiro atoms. The molecule has 6 nitrogen and oxygen atoms in total. The Balaban J connectivity index is 2.61. The number of carboxylic acids is 1. The van der Waals surface area contributed by atoms with E-state index in [1.807, 2.05) is 0 Å². The summed E-state index contributed by atoms with van der Waals surface area (Å²) < 4.78 is 0. The van der Waals surface area contributed by atoms with Crippen molar-refractivity contribution in [2.24, 2.45) is 5.41 Å². The number of aliphatic carboxylic acids is 1. The van der Waals surface area contributed by atoms with E-state index in [2.05, 4.69) is 17.2 Å². The molecule has 0 bridgehead atoms. The molecule has 0 aliphatic rings. The summed E-state index contributed by atoms with van der Waals surface area (Å²) in [5.74, 6) is -1.41. The summed E-state index contributed by atoms with van der Waals surface area (Å²) in [5, 5.41) is 14.2. The summed E-state index contributed by atoms with van der Waals surface area (Å²) >= 11 is 0. The van der Waals surface area contributed by atoms with Crippen molar-refractivity contribution in [1.29, 1.82) is 0 Å². The molecule has 0 fully saturated rings. The minimum absolute atomic E-state index is 0.0805. The zero-order valence-electron chi connectivity index (χ0n) is 13.4. The Hall–Kier alpha value is -2.63. The Morgan fingerprint density at radius 3 is 2.30 bits per heavy atom. The van der Waals surface area contributed by atoms with Gasteiger partial charge in [0, 0.05) is 24.2 Å². The van der Waals surface area contributed by atoms with Crippen LogP contribution in [0.5, 0.6) is 0 Å². The molecule has 2 amide bonds. The van der Waals surface area contributed by atoms with Gasteiger partial charge < -0.3 is 15.7 Å². The highest BCUT2D eigenvalue weighted by Gasteiger charge is 2.25. The van der Waals surface area contributed by atoms with Gasteiger partial charge in [-0.15, -0.1) is 6.58 Å². The second-order valence-corrected chi connectivity index (χ2v) is 6.04. The third-order valence-corrected chi connectivity index (χ3v) is 3.11. The number of hydrogen-bond donors (Lipinski definition) is 3. The molecular weight excluding hydrogens is 296 g/mol. The lowest BCUT2D eigenvalue weighted by atomic mass is 9.85. The van der Waals surface area contributed by atoms with Crippen molar-refractivity contribution < 1.29 is 19.5 Å². The van der Waals surface area contributed by atoms with E-state index in [1.165, 1.54) is 0 Å². The molecule has 1 aromatic rings. The van der Waals surface area contributed by atoms with Crippen molar-refractivity contribution in [3.8, 4) is 0 Å². The van der Waals surface area contributed by atoms with Crippen molar-refractivity contribution in [1.82, 2.24) is 5.32 Å². The Bertz CT molecular complexity index is 591. The van der Waals surface area contributed by atoms with Crippen LogP contribution in [0.3, 0.4) is 0 Å². The number of hydrogen-bond acceptors (Lipinski definition) is 3. The summed E-state index contributed by atoms with van der Waals surface area (Å²) in [5.41, 5.74) is 0.415. The molecule has 3 N–H and O–H groups in total. The van der Waals surface area contributed by atoms with Crippen molar-refractivity contribution in [3.63, 3.8) is 0 Å². The third kappa shape index (κ3) is 6.78. The zero-order chi connectivity index (χ0) is 17.5. The van der Waals surface area contributed by atoms with Crippen LogP contribution in [-0.4, -0.2) is 29.4 Å². The highest BCUT2D eigenvalue weighted by molar-refractivity contribution is 5.96. The summed E-state index contributed by atoms with van der Waals surface area (Å²) in [6.45, 7) is 7.37. The minimum atomic E-state index is -0.933. The Labute approximate surface area is 135 Å². The van der Waals surface area contributed by atoms with Crippen molar-refractivity contribution in [2.75, 3.05) is 11.9 Å². The summed E-state index contributed by atoms with van der Waals surface area (Å²) in [7, 11) is 0. The van der Waals surface area contributed by atoms with Gasteiger partial charge in [-0.2, -0.15) is 0 Å². The fourth-order valence-corrected chi connectivity index (χ4v) is 2.08. The molecule has 1 aromatic carbocycles. The van der Waals surface area contributed by atoms with Crippen LogP contribution in [-0.2, 0) is 9.59 Å². The average Bonchev–Trinajstić information content (AvgIpc) is 2.43. The molecule has 0 aliphatic carbocycles. The van der Waals surface area contributed by atoms with Crippen LogP contribution in [0, 0.1) is 5.41 Å². The fourth-order valence-electron chi connectivity index (χ4n) is 2.08. The molecule has 1 rings (SSSR count). The highest BCUT2D eigenvalue weighted by atomic mass is 16.4. The van der Waals surface area contributed by atoms with E-state index >= 15 is 0 Å². The molecule has 0 saturated carbocycles. The van der Waals surface area contributed by atoms with Gasteiger partial charge in [-0.05, 0) is 29.7 Å². The number of carbonyl (C=O) groups excluding carboxylic acids is 2. The van der Waals surface area contributed by atoms with E-state index in [1.54, 1.807) is 44.2 Å². The predicted molar refractivity (Wildman–Crippen MR) is 88.3 cm³/mol. The van der Waals surface area contributed by atoms with E-state index in [0.29, 0.717) is 17.8 Å². The molecule has 0 radical (unpaired) electrons. The van der Waals surface area contributed by atoms with Gasteiger partial charge in [-0.3, -0.25) is 14.4 Å². The second kappa shape index (κ2) is 8.12. The van der Waals surface area contributed by atoms with Crippen LogP contribution < -0.4 is 10.6 Å². The Morgan fingerprint density at radius 2 is 1.78 bits per heavy atom. The normalized spacial score (nSPS) is 10.7. The Morgan fingerprint density at radius 1 is 1.17 bits per heavy atom. The summed E-state index contributed by atoms with van der Waals surface area (Å²) in [6.07, 6.45) is 1.61. The fraction of sp³-hybridized carbons (Fsp3) is 0.353. The molecule has 23 heavy (non-hydrogen) atoms. The topological polar surface area (TPSA) is 95.5 Å². The number of nitrogens with one attached hydrogen (secondary N) is 2. The largest absolute Gasteiger partial charge is 0.481 e. The standard InChI is InChI=1S/C17H22N2O4/c1-4-9-18-16(23)12-5-7-13(8-6-12)19-14(20)10-17(2,3)11-15(21)22/h4-8H,1,9-11H2,2-3H3,(H,18,23)(H,19,20)(H,21,22). The lowest BCUT2D eigenvalue weighted by Gasteiger charge is -2.21. The van der Waals surface area contributed by atoms with Gasteiger partial charge in [0.05, 0.1) is 6.42 Å². The molecule has 0 aromatic heterocycles. The number of rotatable bonds is 8. The highest BCUT2D eigenvalue weighted by Crippen LogP contribution is 2.25. The predicted octanol–water partition coefficient (Wildman–Crippen LogP) is 2.43. The third-order valence-electron chi connectivity index (χ3n) is 3.11. The zero-order valence-corrected chi connectivity index (χ0v) is 13.4. The van der Waals surface area contributed by atoms with Gasteiger partial charge in [0.1, 0.15) is 0 Å². The summed E-state index contributed by atoms with van der Waals surface area (Å²) in [6, 6.07) is 6.47. The van der Waals surface area contributed by atoms with Crippen LogP contribution >= 0.6 is 0 Å². The molecule has 0 aliphatic heterocycles. The molecule has 6 heteroatoms. The van der Waals surface area contributed by atoms with Gasteiger partial charge in [0.25, 0.3) is 5.91 Å². The SMILES string of the molecule is C=CCNC(=O)c1ccc(NC(=O)CC(C)(C)CC(=O)O)cc1. The maximum atomic E-state index is 12.0. The van der Waals surface area contributed by atoms with Gasteiger partial charge in [-0.25, -0.2) is 0 Å². The molecule has 124 valence electrons. The average molecular weight is 318 g/mol. The van der Waals surface area contributed by atoms with E-state index in [4.69, 9.17) is 5.11 Å². The van der Waals surface area contributed by atoms with Crippen LogP contribution in [0.15, 0.2) is 36.9 Å². The van der Waals surface area contributed by atoms with E-state index in [-0.39, 0.29) is 24.7 Å². The number of benzene rings is 1. The molecule has 0 heterocycles. The Kier molecular flexibility index (Phi) is 6.50. The smallest absolute Gasteiger partial charge is 0.303 e. The van der Waals surface area contributed by atoms with Crippen LogP contribution in [0.25, 0.3) is 0 Å². The molecule has 0 unspecified atom stereocenters. The van der Waals surface area contributed by atoms with Gasteiger partial charge in [0.15, 0.2) is 0 Å². The molecule has 0 saturated heterocycles. The van der Waals surface area contributed by atoms with Crippen LogP contribution in [0.1, 0.15) is 37.0 Å². The first-order chi connectivity index (χ1) is 10.7. The van der Waals surface area contributed by atoms with Crippen molar-refractivity contribution in [2.45, 2.75) is 26.7 Å². The molecule has 0 atom stereocenters. The number of carboxylic acid groups (broad SMARTS) is 1. The van der Waals surface area contributed by atoms with Crippen molar-refractivity contribution in [3.05, 3.63) is 42.5 Å². The second-order valence-electron chi connectivity index (χ2n) is 6.04. The van der Waals surface area contributed by atoms with Crippen molar-refractivity contribution >= 4 is 23.5 Å². The van der Waals surface area contributed by atoms with Gasteiger partial charge in [-0.1, -0.05) is 19.9 Å². The maximum absolute atomic E-state index is 12.0. The van der Waals surface area contributed by atoms with E-state index in [0.717, 1.165) is 0 Å². The van der Waals surface area contributed by atoms with E-state index < -0.39 is 11.4 Å². The first-order valence-electron chi connectivity index (χ1n) is 7.24. The van der Waals surface area contributed by atoms with Gasteiger partial charge in [0.2, 0.25) is 5.91 Å². The number of amides is 2. The van der Waals surface area contributed by atoms with Gasteiger partial charge >= 0.3 is 5.97 Å². The first-order valence-corrected chi connectivity index (χ1v) is 7.24. The van der Waals surface area contributed by atoms with Crippen LogP contribution in [0.4, 0.5) is 5.69 Å². The van der Waals surface area contributed by atoms with E-state index in [9.17, 15) is 14.4 Å². The quantitative estimate of drug-likeness (QED) is 0.641. The number of carbonyl (C=O) groups is 3. The molecular formula is C17H22N2O4.